The number of anilines is 2. The number of nitrogens with zero attached hydrogens (tertiary/aromatic N) is 3. The zero-order valence-corrected chi connectivity index (χ0v) is 18.5. The number of aliphatic hydroxyl groups is 1. The van der Waals surface area contributed by atoms with E-state index < -0.39 is 5.82 Å². The molecular weight excluding hydrogens is 425 g/mol. The monoisotopic (exact) mass is 453 g/mol. The van der Waals surface area contributed by atoms with E-state index in [0.29, 0.717) is 48.3 Å². The summed E-state index contributed by atoms with van der Waals surface area (Å²) in [5.74, 6) is 3.05. The van der Waals surface area contributed by atoms with Crippen molar-refractivity contribution in [1.82, 2.24) is 15.3 Å². The molecule has 9 heteroatoms. The highest BCUT2D eigenvalue weighted by Gasteiger charge is 2.81. The highest BCUT2D eigenvalue weighted by atomic mass is 19.1. The number of carbonyl (C=O) groups is 1. The second kappa shape index (κ2) is 7.83. The van der Waals surface area contributed by atoms with Gasteiger partial charge >= 0.3 is 0 Å². The van der Waals surface area contributed by atoms with Gasteiger partial charge in [0.15, 0.2) is 11.6 Å². The Labute approximate surface area is 191 Å². The van der Waals surface area contributed by atoms with Crippen molar-refractivity contribution in [2.24, 2.45) is 17.8 Å². The summed E-state index contributed by atoms with van der Waals surface area (Å²) in [7, 11) is 1.43. The molecule has 8 nitrogen and oxygen atoms in total. The zero-order chi connectivity index (χ0) is 22.7. The van der Waals surface area contributed by atoms with E-state index in [1.54, 1.807) is 18.3 Å². The average molecular weight is 454 g/mol. The number of fused-ring (bicyclic) bond motifs is 1. The van der Waals surface area contributed by atoms with E-state index in [-0.39, 0.29) is 23.8 Å². The zero-order valence-electron chi connectivity index (χ0n) is 18.5. The summed E-state index contributed by atoms with van der Waals surface area (Å²) in [5.41, 5.74) is 1.09. The third-order valence-electron chi connectivity index (χ3n) is 7.69. The average Bonchev–Trinajstić information content (AvgIpc) is 3.63. The summed E-state index contributed by atoms with van der Waals surface area (Å²) in [4.78, 5) is 24.6. The number of carbonyl (C=O) groups excluding carboxylic acids is 1. The van der Waals surface area contributed by atoms with Crippen LogP contribution in [0, 0.1) is 23.6 Å². The molecule has 2 aromatic rings. The van der Waals surface area contributed by atoms with E-state index in [0.717, 1.165) is 37.1 Å². The first-order valence-electron chi connectivity index (χ1n) is 11.7. The second-order valence-electron chi connectivity index (χ2n) is 9.70. The number of amides is 1. The molecule has 3 aliphatic carbocycles. The molecule has 33 heavy (non-hydrogen) atoms. The van der Waals surface area contributed by atoms with Crippen LogP contribution < -0.4 is 20.3 Å². The van der Waals surface area contributed by atoms with Gasteiger partial charge in [-0.1, -0.05) is 6.07 Å². The van der Waals surface area contributed by atoms with Crippen molar-refractivity contribution >= 4 is 17.7 Å². The summed E-state index contributed by atoms with van der Waals surface area (Å²) in [5, 5.41) is 16.0. The third kappa shape index (κ3) is 3.68. The highest BCUT2D eigenvalue weighted by Crippen LogP contribution is 2.75. The molecule has 174 valence electrons. The third-order valence-corrected chi connectivity index (χ3v) is 7.69. The lowest BCUT2D eigenvalue weighted by molar-refractivity contribution is 0.0867. The first-order chi connectivity index (χ1) is 16.0. The van der Waals surface area contributed by atoms with Crippen LogP contribution in [-0.4, -0.2) is 52.8 Å². The number of halogens is 1. The molecule has 3 heterocycles. The number of piperidine rings is 1. The predicted molar refractivity (Wildman–Crippen MR) is 120 cm³/mol. The fourth-order valence-corrected chi connectivity index (χ4v) is 5.65. The topological polar surface area (TPSA) is 99.6 Å². The molecule has 5 fully saturated rings. The fraction of sp³-hybridized carbons (Fsp3) is 0.542. The number of aromatic nitrogens is 2. The van der Waals surface area contributed by atoms with Crippen LogP contribution in [0.4, 0.5) is 16.2 Å². The SMILES string of the molecule is COc1ccc(CNc2nc(N3CC4C5C4C53)ncc2C(=O)N[C@H]2CC[C@H](O)CC2)cc1F. The van der Waals surface area contributed by atoms with Gasteiger partial charge in [-0.25, -0.2) is 9.37 Å². The van der Waals surface area contributed by atoms with Gasteiger partial charge < -0.3 is 25.4 Å². The van der Waals surface area contributed by atoms with Gasteiger partial charge in [0, 0.05) is 31.4 Å². The Hall–Kier alpha value is -2.94. The first-order valence-corrected chi connectivity index (χ1v) is 11.7. The van der Waals surface area contributed by atoms with Gasteiger partial charge in [0.05, 0.1) is 13.2 Å². The van der Waals surface area contributed by atoms with E-state index in [9.17, 15) is 14.3 Å². The van der Waals surface area contributed by atoms with Gasteiger partial charge in [0.1, 0.15) is 11.4 Å². The van der Waals surface area contributed by atoms with Gasteiger partial charge in [0.25, 0.3) is 5.91 Å². The molecule has 3 N–H and O–H groups in total. The molecule has 2 saturated heterocycles. The minimum atomic E-state index is -0.433. The number of aliphatic hydroxyl groups excluding tert-OH is 1. The van der Waals surface area contributed by atoms with Crippen LogP contribution in [0.2, 0.25) is 0 Å². The Bertz CT molecular complexity index is 1070. The van der Waals surface area contributed by atoms with Crippen LogP contribution in [0.25, 0.3) is 0 Å². The molecule has 1 aromatic carbocycles. The van der Waals surface area contributed by atoms with Gasteiger partial charge in [-0.05, 0) is 61.1 Å². The lowest BCUT2D eigenvalue weighted by atomic mass is 9.93. The van der Waals surface area contributed by atoms with Gasteiger partial charge in [-0.3, -0.25) is 4.79 Å². The predicted octanol–water partition coefficient (Wildman–Crippen LogP) is 2.33. The minimum Gasteiger partial charge on any atom is -0.494 e. The largest absolute Gasteiger partial charge is 0.494 e. The Morgan fingerprint density at radius 3 is 2.73 bits per heavy atom. The number of hydrogen-bond donors (Lipinski definition) is 3. The van der Waals surface area contributed by atoms with Crippen LogP contribution >= 0.6 is 0 Å². The molecule has 1 aromatic heterocycles. The Balaban J connectivity index is 1.21. The second-order valence-corrected chi connectivity index (χ2v) is 9.70. The molecule has 2 bridgehead atoms. The van der Waals surface area contributed by atoms with Crippen LogP contribution in [0.5, 0.6) is 5.75 Å². The number of nitrogens with one attached hydrogen (secondary N) is 2. The Morgan fingerprint density at radius 2 is 2.06 bits per heavy atom. The molecule has 3 saturated carbocycles. The summed E-state index contributed by atoms with van der Waals surface area (Å²) in [6.45, 7) is 1.30. The summed E-state index contributed by atoms with van der Waals surface area (Å²) in [6.07, 6.45) is 4.19. The van der Waals surface area contributed by atoms with Crippen molar-refractivity contribution in [1.29, 1.82) is 0 Å². The van der Waals surface area contributed by atoms with Crippen LogP contribution in [-0.2, 0) is 6.54 Å². The van der Waals surface area contributed by atoms with E-state index >= 15 is 0 Å². The number of hydrogen-bond acceptors (Lipinski definition) is 7. The normalized spacial score (nSPS) is 31.1. The standard InChI is InChI=1S/C24H28FN5O3/c1-33-18-7-2-12(8-17(18)25)9-26-22-15(23(32)28-13-3-5-14(31)6-4-13)10-27-24(29-22)30-11-16-19-20(16)21(19)30/h2,7-8,10,13-14,16,19-21,31H,3-6,9,11H2,1H3,(H,28,32)(H,26,27,29)/t13-,14-,16?,19?,20?,21?. The lowest BCUT2D eigenvalue weighted by Gasteiger charge is -2.26. The van der Waals surface area contributed by atoms with Crippen molar-refractivity contribution in [2.75, 3.05) is 23.9 Å². The molecule has 0 spiro atoms. The number of rotatable bonds is 7. The molecule has 2 unspecified atom stereocenters. The van der Waals surface area contributed by atoms with Gasteiger partial charge in [0.2, 0.25) is 5.95 Å². The summed E-state index contributed by atoms with van der Waals surface area (Å²) in [6, 6.07) is 5.37. The van der Waals surface area contributed by atoms with Crippen molar-refractivity contribution in [2.45, 2.75) is 50.4 Å². The van der Waals surface area contributed by atoms with E-state index in [4.69, 9.17) is 9.72 Å². The minimum absolute atomic E-state index is 0.0264. The van der Waals surface area contributed by atoms with Gasteiger partial charge in [-0.2, -0.15) is 4.98 Å². The molecule has 7 rings (SSSR count). The van der Waals surface area contributed by atoms with Crippen LogP contribution in [0.1, 0.15) is 41.6 Å². The maximum atomic E-state index is 14.1. The van der Waals surface area contributed by atoms with E-state index in [2.05, 4.69) is 20.5 Å². The van der Waals surface area contributed by atoms with Crippen molar-refractivity contribution in [3.63, 3.8) is 0 Å². The highest BCUT2D eigenvalue weighted by molar-refractivity contribution is 5.98. The molecule has 0 radical (unpaired) electrons. The Morgan fingerprint density at radius 1 is 1.27 bits per heavy atom. The van der Waals surface area contributed by atoms with Gasteiger partial charge in [-0.15, -0.1) is 0 Å². The van der Waals surface area contributed by atoms with E-state index in [1.807, 2.05) is 0 Å². The smallest absolute Gasteiger partial charge is 0.256 e. The van der Waals surface area contributed by atoms with Crippen molar-refractivity contribution < 1.29 is 19.0 Å². The quantitative estimate of drug-likeness (QED) is 0.592. The number of methoxy groups -OCH3 is 1. The lowest BCUT2D eigenvalue weighted by Crippen LogP contribution is -2.39. The van der Waals surface area contributed by atoms with Crippen LogP contribution in [0.3, 0.4) is 0 Å². The number of ether oxygens (including phenoxy) is 1. The van der Waals surface area contributed by atoms with Crippen molar-refractivity contribution in [3.05, 3.63) is 41.3 Å². The molecule has 5 aliphatic rings. The summed E-state index contributed by atoms with van der Waals surface area (Å²) < 4.78 is 19.1. The molecular formula is C24H28FN5O3. The van der Waals surface area contributed by atoms with Crippen molar-refractivity contribution in [3.8, 4) is 5.75 Å². The molecule has 2 aliphatic heterocycles. The summed E-state index contributed by atoms with van der Waals surface area (Å²) >= 11 is 0. The maximum absolute atomic E-state index is 14.1. The van der Waals surface area contributed by atoms with Crippen LogP contribution in [0.15, 0.2) is 24.4 Å². The fourth-order valence-electron chi connectivity index (χ4n) is 5.65. The molecule has 1 amide bonds. The number of benzene rings is 1. The maximum Gasteiger partial charge on any atom is 0.256 e. The first kappa shape index (κ1) is 20.7. The molecule has 2 atom stereocenters. The Kier molecular flexibility index (Phi) is 4.90. The van der Waals surface area contributed by atoms with E-state index in [1.165, 1.54) is 13.2 Å².